The highest BCUT2D eigenvalue weighted by Crippen LogP contribution is 2.38. The maximum atomic E-state index is 3.44. The van der Waals surface area contributed by atoms with Crippen molar-refractivity contribution in [1.82, 2.24) is 10.6 Å². The number of nitrogens with zero attached hydrogens (tertiary/aromatic N) is 2. The molecule has 1 aromatic heterocycles. The molecule has 0 spiro atoms. The van der Waals surface area contributed by atoms with E-state index in [4.69, 9.17) is 0 Å². The average molecular weight is 302 g/mol. The van der Waals surface area contributed by atoms with Crippen LogP contribution < -0.4 is 20.4 Å². The van der Waals surface area contributed by atoms with E-state index in [9.17, 15) is 0 Å². The van der Waals surface area contributed by atoms with Crippen molar-refractivity contribution in [3.63, 3.8) is 0 Å². The molecule has 21 heavy (non-hydrogen) atoms. The van der Waals surface area contributed by atoms with E-state index in [-0.39, 0.29) is 0 Å². The van der Waals surface area contributed by atoms with Gasteiger partial charge in [0, 0.05) is 63.4 Å². The van der Waals surface area contributed by atoms with Crippen LogP contribution in [0, 0.1) is 0 Å². The van der Waals surface area contributed by atoms with Crippen molar-refractivity contribution in [2.75, 3.05) is 62.2 Å². The Kier molecular flexibility index (Phi) is 3.71. The number of fused-ring (bicyclic) bond motifs is 1. The van der Waals surface area contributed by atoms with E-state index in [1.807, 2.05) is 11.3 Å². The van der Waals surface area contributed by atoms with Crippen LogP contribution in [0.5, 0.6) is 0 Å². The van der Waals surface area contributed by atoms with E-state index in [0.717, 1.165) is 52.4 Å². The van der Waals surface area contributed by atoms with Crippen LogP contribution in [0.1, 0.15) is 0 Å². The zero-order chi connectivity index (χ0) is 14.1. The van der Waals surface area contributed by atoms with Gasteiger partial charge in [-0.25, -0.2) is 0 Å². The number of anilines is 2. The molecule has 0 saturated carbocycles. The molecule has 2 saturated heterocycles. The second-order valence-corrected chi connectivity index (χ2v) is 6.66. The van der Waals surface area contributed by atoms with Crippen LogP contribution in [0.3, 0.4) is 0 Å². The molecule has 0 unspecified atom stereocenters. The number of benzene rings is 1. The Balaban J connectivity index is 1.72. The third-order valence-corrected chi connectivity index (χ3v) is 5.43. The van der Waals surface area contributed by atoms with Crippen LogP contribution in [0.2, 0.25) is 0 Å². The van der Waals surface area contributed by atoms with Gasteiger partial charge in [-0.1, -0.05) is 0 Å². The topological polar surface area (TPSA) is 30.5 Å². The molecule has 2 N–H and O–H groups in total. The fraction of sp³-hybridized carbons (Fsp3) is 0.500. The Bertz CT molecular complexity index is 560. The summed E-state index contributed by atoms with van der Waals surface area (Å²) >= 11 is 1.88. The monoisotopic (exact) mass is 302 g/mol. The summed E-state index contributed by atoms with van der Waals surface area (Å²) in [6.45, 7) is 8.80. The summed E-state index contributed by atoms with van der Waals surface area (Å²) in [6, 6.07) is 6.96. The van der Waals surface area contributed by atoms with Gasteiger partial charge in [0.2, 0.25) is 0 Å². The summed E-state index contributed by atoms with van der Waals surface area (Å²) in [5.41, 5.74) is 2.83. The van der Waals surface area contributed by atoms with E-state index in [2.05, 4.69) is 44.0 Å². The summed E-state index contributed by atoms with van der Waals surface area (Å²) in [6.07, 6.45) is 0. The van der Waals surface area contributed by atoms with Crippen molar-refractivity contribution in [2.24, 2.45) is 0 Å². The lowest BCUT2D eigenvalue weighted by molar-refractivity contribution is 0.588. The van der Waals surface area contributed by atoms with Crippen molar-refractivity contribution in [3.8, 4) is 0 Å². The molecular formula is C16H22N4S. The largest absolute Gasteiger partial charge is 0.368 e. The zero-order valence-electron chi connectivity index (χ0n) is 12.3. The molecule has 1 aromatic carbocycles. The molecule has 4 nitrogen and oxygen atoms in total. The number of rotatable bonds is 2. The van der Waals surface area contributed by atoms with Gasteiger partial charge < -0.3 is 20.4 Å². The molecule has 3 heterocycles. The van der Waals surface area contributed by atoms with Gasteiger partial charge in [0.05, 0.1) is 10.4 Å². The predicted octanol–water partition coefficient (Wildman–Crippen LogP) is 1.72. The first-order valence-corrected chi connectivity index (χ1v) is 8.73. The molecule has 0 radical (unpaired) electrons. The Hall–Kier alpha value is -1.30. The first-order chi connectivity index (χ1) is 10.4. The Morgan fingerprint density at radius 2 is 1.33 bits per heavy atom. The second kappa shape index (κ2) is 5.83. The van der Waals surface area contributed by atoms with E-state index < -0.39 is 0 Å². The number of piperazine rings is 2. The fourth-order valence-corrected chi connectivity index (χ4v) is 4.33. The Labute approximate surface area is 129 Å². The normalized spacial score (nSPS) is 20.2. The van der Waals surface area contributed by atoms with Crippen molar-refractivity contribution in [2.45, 2.75) is 0 Å². The van der Waals surface area contributed by atoms with Crippen LogP contribution in [0.15, 0.2) is 23.6 Å². The molecule has 2 aliphatic heterocycles. The van der Waals surface area contributed by atoms with E-state index >= 15 is 0 Å². The summed E-state index contributed by atoms with van der Waals surface area (Å²) < 4.78 is 1.45. The molecule has 112 valence electrons. The maximum absolute atomic E-state index is 3.44. The summed E-state index contributed by atoms with van der Waals surface area (Å²) in [7, 11) is 0. The lowest BCUT2D eigenvalue weighted by Gasteiger charge is -2.33. The van der Waals surface area contributed by atoms with Crippen LogP contribution in [-0.2, 0) is 0 Å². The SMILES string of the molecule is c1cc2c(N3CCNCC3)ccc(N3CCNCC3)c2s1. The second-order valence-electron chi connectivity index (χ2n) is 5.74. The molecular weight excluding hydrogens is 280 g/mol. The average Bonchev–Trinajstić information content (AvgIpc) is 3.05. The fourth-order valence-electron chi connectivity index (χ4n) is 3.37. The smallest absolute Gasteiger partial charge is 0.0597 e. The highest BCUT2D eigenvalue weighted by Gasteiger charge is 2.18. The Morgan fingerprint density at radius 1 is 0.762 bits per heavy atom. The molecule has 0 bridgehead atoms. The predicted molar refractivity (Wildman–Crippen MR) is 92.0 cm³/mol. The van der Waals surface area contributed by atoms with Gasteiger partial charge in [0.1, 0.15) is 0 Å². The third-order valence-electron chi connectivity index (χ3n) is 4.49. The lowest BCUT2D eigenvalue weighted by atomic mass is 10.1. The number of thiophene rings is 1. The van der Waals surface area contributed by atoms with Gasteiger partial charge in [0.15, 0.2) is 0 Å². The summed E-state index contributed by atoms with van der Waals surface area (Å²) in [5.74, 6) is 0. The molecule has 0 atom stereocenters. The number of hydrogen-bond acceptors (Lipinski definition) is 5. The third kappa shape index (κ3) is 2.50. The quantitative estimate of drug-likeness (QED) is 0.884. The highest BCUT2D eigenvalue weighted by molar-refractivity contribution is 7.18. The van der Waals surface area contributed by atoms with Gasteiger partial charge in [0.25, 0.3) is 0 Å². The lowest BCUT2D eigenvalue weighted by Crippen LogP contribution is -2.44. The minimum absolute atomic E-state index is 1.09. The van der Waals surface area contributed by atoms with Gasteiger partial charge in [-0.05, 0) is 23.6 Å². The highest BCUT2D eigenvalue weighted by atomic mass is 32.1. The molecule has 0 amide bonds. The van der Waals surface area contributed by atoms with Crippen molar-refractivity contribution < 1.29 is 0 Å². The van der Waals surface area contributed by atoms with E-state index in [0.29, 0.717) is 0 Å². The van der Waals surface area contributed by atoms with Crippen molar-refractivity contribution in [3.05, 3.63) is 23.6 Å². The summed E-state index contributed by atoms with van der Waals surface area (Å²) in [4.78, 5) is 5.05. The Morgan fingerprint density at radius 3 is 2.00 bits per heavy atom. The van der Waals surface area contributed by atoms with Gasteiger partial charge >= 0.3 is 0 Å². The first kappa shape index (κ1) is 13.4. The zero-order valence-corrected chi connectivity index (χ0v) is 13.1. The molecule has 2 aliphatic rings. The van der Waals surface area contributed by atoms with Crippen LogP contribution >= 0.6 is 11.3 Å². The van der Waals surface area contributed by atoms with Crippen LogP contribution in [0.25, 0.3) is 10.1 Å². The summed E-state index contributed by atoms with van der Waals surface area (Å²) in [5, 5.41) is 10.5. The molecule has 2 aromatic rings. The molecule has 2 fully saturated rings. The minimum atomic E-state index is 1.09. The number of nitrogens with one attached hydrogen (secondary N) is 2. The van der Waals surface area contributed by atoms with Crippen molar-refractivity contribution in [1.29, 1.82) is 0 Å². The molecule has 5 heteroatoms. The van der Waals surface area contributed by atoms with Crippen LogP contribution in [-0.4, -0.2) is 52.4 Å². The molecule has 0 aliphatic carbocycles. The minimum Gasteiger partial charge on any atom is -0.368 e. The first-order valence-electron chi connectivity index (χ1n) is 7.85. The maximum Gasteiger partial charge on any atom is 0.0597 e. The molecule has 4 rings (SSSR count). The standard InChI is InChI=1S/C16H22N4S/c1-2-15(20-10-6-18-7-11-20)16-13(3-12-21-16)14(1)19-8-4-17-5-9-19/h1-3,12,17-18H,4-11H2. The van der Waals surface area contributed by atoms with Gasteiger partial charge in [-0.3, -0.25) is 0 Å². The van der Waals surface area contributed by atoms with E-state index in [1.54, 1.807) is 0 Å². The van der Waals surface area contributed by atoms with Gasteiger partial charge in [-0.15, -0.1) is 11.3 Å². The van der Waals surface area contributed by atoms with Gasteiger partial charge in [-0.2, -0.15) is 0 Å². The van der Waals surface area contributed by atoms with Crippen molar-refractivity contribution >= 4 is 32.8 Å². The van der Waals surface area contributed by atoms with Crippen LogP contribution in [0.4, 0.5) is 11.4 Å². The number of hydrogen-bond donors (Lipinski definition) is 2. The van der Waals surface area contributed by atoms with E-state index in [1.165, 1.54) is 21.5 Å².